The fourth-order valence-corrected chi connectivity index (χ4v) is 16.8. The maximum absolute atomic E-state index is 14.7. The second-order valence-electron chi connectivity index (χ2n) is 31.9. The van der Waals surface area contributed by atoms with Crippen molar-refractivity contribution >= 4 is 47.2 Å². The van der Waals surface area contributed by atoms with Crippen LogP contribution in [-0.4, -0.2) is 191 Å². The lowest BCUT2D eigenvalue weighted by Gasteiger charge is -2.50. The molecule has 0 bridgehead atoms. The summed E-state index contributed by atoms with van der Waals surface area (Å²) in [6.45, 7) is 36.0. The molecule has 6 aliphatic rings. The van der Waals surface area contributed by atoms with Crippen LogP contribution in [0.15, 0.2) is 170 Å². The van der Waals surface area contributed by atoms with E-state index in [0.29, 0.717) is 26.4 Å². The molecule has 5 aromatic carbocycles. The summed E-state index contributed by atoms with van der Waals surface area (Å²) in [6.07, 6.45) is -22.3. The van der Waals surface area contributed by atoms with Crippen LogP contribution >= 0.6 is 11.8 Å². The Bertz CT molecular complexity index is 3920. The monoisotopic (exact) mass is 1700 g/mol. The summed E-state index contributed by atoms with van der Waals surface area (Å²) in [5.74, 6) is -5.93. The molecule has 6 saturated heterocycles. The predicted octanol–water partition coefficient (Wildman–Crippen LogP) is 15.9. The molecule has 24 nitrogen and oxygen atoms in total. The highest BCUT2D eigenvalue weighted by atomic mass is 32.2. The van der Waals surface area contributed by atoms with E-state index in [2.05, 4.69) is 38.9 Å². The van der Waals surface area contributed by atoms with Crippen LogP contribution in [0.2, 0.25) is 0 Å². The van der Waals surface area contributed by atoms with Crippen molar-refractivity contribution < 1.29 is 122 Å². The van der Waals surface area contributed by atoms with Gasteiger partial charge in [0.1, 0.15) is 29.9 Å². The van der Waals surface area contributed by atoms with E-state index in [-0.39, 0.29) is 78.5 Å². The van der Waals surface area contributed by atoms with Crippen LogP contribution in [0.1, 0.15) is 126 Å². The molecule has 13 unspecified atom stereocenters. The molecule has 6 fully saturated rings. The number of halogens is 3. The summed E-state index contributed by atoms with van der Waals surface area (Å²) in [6, 6.07) is 46.9. The molecule has 0 aliphatic carbocycles. The first-order chi connectivity index (χ1) is 57.5. The predicted molar refractivity (Wildman–Crippen MR) is 442 cm³/mol. The molecule has 30 atom stereocenters. The van der Waals surface area contributed by atoms with Crippen molar-refractivity contribution in [1.82, 2.24) is 0 Å². The largest absolute Gasteiger partial charge is 0.468 e. The molecular weight excluding hydrogens is 1580 g/mol. The second-order valence-corrected chi connectivity index (χ2v) is 33.3. The van der Waals surface area contributed by atoms with Gasteiger partial charge >= 0.3 is 30.1 Å². The Morgan fingerprint density at radius 2 is 0.742 bits per heavy atom. The first-order valence-corrected chi connectivity index (χ1v) is 42.6. The van der Waals surface area contributed by atoms with Gasteiger partial charge in [0.2, 0.25) is 6.29 Å². The molecule has 662 valence electrons. The minimum atomic E-state index is -5.07. The Balaban J connectivity index is 0.000000271. The van der Waals surface area contributed by atoms with Gasteiger partial charge in [-0.2, -0.15) is 13.2 Å². The SMILES string of the molecule is C=C.CCS[C@H]1OC(C(=O)OC)[C@H](O[C@@H]2O[C@@H](C)[C@H](C)C(C)C2OC(C)=O)[C@H](O[C@@H]2OC(COCc3ccccc3)[C@H](OCc3ccccc3)[C@H](C)C2C)C1C.COC(=O)C1OC(OC(=Nc2ccccc2)C(F)(F)F)C(C)[C@@H](O[C@@H]2OC(COCc3ccccc3)[C@H](OCc3ccccc3)[C@H](C)C2C)[C@H]1O[C@@H]1O[C@@H](C)[C@H](C)C(C)C1OC(C)=O. The Morgan fingerprint density at radius 3 is 1.11 bits per heavy atom. The molecule has 0 amide bonds. The Kier molecular flexibility index (Phi) is 37.4. The summed E-state index contributed by atoms with van der Waals surface area (Å²) >= 11 is 1.58. The fourth-order valence-electron chi connectivity index (χ4n) is 15.8. The van der Waals surface area contributed by atoms with Gasteiger partial charge in [-0.3, -0.25) is 9.59 Å². The van der Waals surface area contributed by atoms with Gasteiger partial charge in [0.15, 0.2) is 49.6 Å². The normalized spacial score (nSPS) is 34.6. The highest BCUT2D eigenvalue weighted by molar-refractivity contribution is 7.99. The number of ether oxygens (including phenoxy) is 19. The van der Waals surface area contributed by atoms with E-state index >= 15 is 0 Å². The zero-order valence-electron chi connectivity index (χ0n) is 72.0. The van der Waals surface area contributed by atoms with Crippen LogP contribution < -0.4 is 0 Å². The van der Waals surface area contributed by atoms with Crippen LogP contribution in [0.3, 0.4) is 0 Å². The van der Waals surface area contributed by atoms with Gasteiger partial charge in [-0.25, -0.2) is 14.6 Å². The Morgan fingerprint density at radius 1 is 0.392 bits per heavy atom. The summed E-state index contributed by atoms with van der Waals surface area (Å²) in [7, 11) is 2.44. The van der Waals surface area contributed by atoms with E-state index in [0.717, 1.165) is 35.1 Å². The second kappa shape index (κ2) is 46.5. The maximum Gasteiger partial charge on any atom is 0.468 e. The molecular formula is C92H124F3NO23S. The number of nitrogens with zero attached hydrogens (tertiary/aromatic N) is 1. The van der Waals surface area contributed by atoms with Gasteiger partial charge in [-0.1, -0.05) is 216 Å². The Labute approximate surface area is 709 Å². The average molecular weight is 1700 g/mol. The van der Waals surface area contributed by atoms with Crippen molar-refractivity contribution in [2.24, 2.45) is 64.2 Å². The molecule has 0 N–H and O–H groups in total. The quantitative estimate of drug-likeness (QED) is 0.0136. The number of thioether (sulfide) groups is 1. The number of aliphatic imine (C=N–C) groups is 1. The molecule has 0 saturated carbocycles. The van der Waals surface area contributed by atoms with Gasteiger partial charge in [-0.05, 0) is 77.7 Å². The molecule has 6 aliphatic heterocycles. The van der Waals surface area contributed by atoms with Crippen LogP contribution in [0.25, 0.3) is 0 Å². The number of alkyl halides is 3. The molecule has 0 spiro atoms. The standard InChI is InChI=1S/C48H60F3NO12.C42H60O11S.C2H4/c1-27-28(2)40(59-33(7)53)46(58-32(27)6)62-41-39(31(5)45(63-42(41)43(54)55-8)64-47(48(49,50)51)52-36-22-16-11-17-23-36)61-44-30(4)29(3)38(57-25-35-20-14-10-15-21-35)37(60-44)26-56-24-34-18-12-9-13-19-34;1-10-54-42-28(6)35(37(38(53-42)39(44)45-9)52-41-36(49-30(8)43)25(3)24(2)29(7)48-41)51-40-27(5)26(4)34(47-22-32-19-15-12-16-20-32)33(50-40)23-46-21-31-17-13-11-14-18-31;1-2/h9-23,27-32,37-42,44-46H,24-26H2,1-8H3;11-20,24-29,33-38,40-42H,10,21-23H2,1-9H3;1-2H2/t27-,28?,29-,30?,31?,32+,37?,38-,39-,40?,41-,42?,44+,45?,46+;24-,25?,26-,27?,28?,29+,33?,34-,35-,36?,37-,38?,40+,41+,42-;/m11./s1. The fraction of sp³-hybridized carbons (Fsp3) is 0.598. The lowest BCUT2D eigenvalue weighted by atomic mass is 9.83. The number of carbonyl (C=O) groups excluding carboxylic acids is 4. The Hall–Kier alpha value is -7.23. The van der Waals surface area contributed by atoms with Crippen molar-refractivity contribution in [2.75, 3.05) is 33.2 Å². The molecule has 0 radical (unpaired) electrons. The molecule has 120 heavy (non-hydrogen) atoms. The third-order valence-corrected chi connectivity index (χ3v) is 25.0. The molecule has 6 heterocycles. The highest BCUT2D eigenvalue weighted by Gasteiger charge is 2.59. The van der Waals surface area contributed by atoms with Crippen LogP contribution in [0.5, 0.6) is 0 Å². The lowest BCUT2D eigenvalue weighted by Crippen LogP contribution is -2.64. The zero-order chi connectivity index (χ0) is 87.1. The van der Waals surface area contributed by atoms with Crippen LogP contribution in [0, 0.1) is 59.2 Å². The van der Waals surface area contributed by atoms with E-state index in [1.165, 1.54) is 45.2 Å². The minimum Gasteiger partial charge on any atom is -0.467 e. The summed E-state index contributed by atoms with van der Waals surface area (Å²) in [5, 5.41) is 0. The van der Waals surface area contributed by atoms with Crippen molar-refractivity contribution in [3.8, 4) is 0 Å². The third-order valence-electron chi connectivity index (χ3n) is 23.8. The average Bonchev–Trinajstić information content (AvgIpc) is 0.763. The van der Waals surface area contributed by atoms with E-state index in [9.17, 15) is 32.3 Å². The smallest absolute Gasteiger partial charge is 0.467 e. The number of hydrogen-bond acceptors (Lipinski definition) is 25. The van der Waals surface area contributed by atoms with Gasteiger partial charge in [-0.15, -0.1) is 24.9 Å². The number of benzene rings is 5. The first kappa shape index (κ1) is 96.6. The van der Waals surface area contributed by atoms with E-state index in [1.807, 2.05) is 184 Å². The lowest BCUT2D eigenvalue weighted by molar-refractivity contribution is -0.362. The van der Waals surface area contributed by atoms with Crippen molar-refractivity contribution in [1.29, 1.82) is 0 Å². The van der Waals surface area contributed by atoms with Gasteiger partial charge in [0.05, 0.1) is 96.2 Å². The van der Waals surface area contributed by atoms with Crippen molar-refractivity contribution in [2.45, 2.75) is 259 Å². The molecule has 0 aromatic heterocycles. The number of para-hydroxylation sites is 1. The number of esters is 4. The van der Waals surface area contributed by atoms with Gasteiger partial charge in [0.25, 0.3) is 5.90 Å². The van der Waals surface area contributed by atoms with E-state index < -0.39 is 158 Å². The minimum absolute atomic E-state index is 0.00253. The summed E-state index contributed by atoms with van der Waals surface area (Å²) < 4.78 is 164. The summed E-state index contributed by atoms with van der Waals surface area (Å²) in [4.78, 5) is 55.8. The van der Waals surface area contributed by atoms with Gasteiger partial charge in [0, 0.05) is 49.4 Å². The molecule has 11 rings (SSSR count). The highest BCUT2D eigenvalue weighted by Crippen LogP contribution is 2.46. The number of carbonyl (C=O) groups is 4. The maximum atomic E-state index is 14.7. The first-order valence-electron chi connectivity index (χ1n) is 41.6. The van der Waals surface area contributed by atoms with Crippen LogP contribution in [-0.2, 0) is 136 Å². The van der Waals surface area contributed by atoms with Crippen molar-refractivity contribution in [3.63, 3.8) is 0 Å². The molecule has 28 heteroatoms. The number of methoxy groups -OCH3 is 2. The zero-order valence-corrected chi connectivity index (χ0v) is 72.8. The number of hydrogen-bond donors (Lipinski definition) is 0. The van der Waals surface area contributed by atoms with E-state index in [4.69, 9.17) is 90.0 Å². The van der Waals surface area contributed by atoms with Crippen LogP contribution in [0.4, 0.5) is 18.9 Å². The van der Waals surface area contributed by atoms with E-state index in [1.54, 1.807) is 24.8 Å². The van der Waals surface area contributed by atoms with Gasteiger partial charge < -0.3 is 90.0 Å². The topological polar surface area (TPSA) is 256 Å². The van der Waals surface area contributed by atoms with Crippen molar-refractivity contribution in [3.05, 3.63) is 187 Å². The number of rotatable bonds is 30. The summed E-state index contributed by atoms with van der Waals surface area (Å²) in [5.41, 5.74) is 3.62. The third kappa shape index (κ3) is 25.7. The molecule has 5 aromatic rings.